The highest BCUT2D eigenvalue weighted by Crippen LogP contribution is 2.23. The van der Waals surface area contributed by atoms with Gasteiger partial charge in [-0.1, -0.05) is 30.3 Å². The van der Waals surface area contributed by atoms with Crippen LogP contribution in [0, 0.1) is 11.3 Å². The fourth-order valence-corrected chi connectivity index (χ4v) is 1.63. The summed E-state index contributed by atoms with van der Waals surface area (Å²) in [5.41, 5.74) is 0.949. The number of benzene rings is 1. The second-order valence-electron chi connectivity index (χ2n) is 4.13. The van der Waals surface area contributed by atoms with Crippen molar-refractivity contribution in [2.75, 3.05) is 0 Å². The molecule has 2 atom stereocenters. The Morgan fingerprint density at radius 3 is 2.39 bits per heavy atom. The van der Waals surface area contributed by atoms with Crippen LogP contribution in [0.4, 0.5) is 13.2 Å². The van der Waals surface area contributed by atoms with Crippen LogP contribution in [0.2, 0.25) is 0 Å². The Balaban J connectivity index is 2.51. The molecule has 0 heterocycles. The van der Waals surface area contributed by atoms with Crippen LogP contribution in [0.15, 0.2) is 30.3 Å². The SMILES string of the molecule is CC(NC(C#N)CCC(F)(F)F)c1ccccc1. The molecule has 0 fully saturated rings. The van der Waals surface area contributed by atoms with Crippen molar-refractivity contribution in [1.29, 1.82) is 5.26 Å². The van der Waals surface area contributed by atoms with Crippen LogP contribution < -0.4 is 5.32 Å². The van der Waals surface area contributed by atoms with Gasteiger partial charge in [0.15, 0.2) is 0 Å². The van der Waals surface area contributed by atoms with Gasteiger partial charge < -0.3 is 0 Å². The summed E-state index contributed by atoms with van der Waals surface area (Å²) in [4.78, 5) is 0. The number of halogens is 3. The molecule has 0 aliphatic heterocycles. The minimum Gasteiger partial charge on any atom is -0.295 e. The van der Waals surface area contributed by atoms with Crippen LogP contribution in [0.5, 0.6) is 0 Å². The van der Waals surface area contributed by atoms with E-state index in [0.29, 0.717) is 0 Å². The highest BCUT2D eigenvalue weighted by Gasteiger charge is 2.28. The van der Waals surface area contributed by atoms with Gasteiger partial charge in [-0.2, -0.15) is 18.4 Å². The highest BCUT2D eigenvalue weighted by molar-refractivity contribution is 5.18. The van der Waals surface area contributed by atoms with Crippen LogP contribution >= 0.6 is 0 Å². The third-order valence-electron chi connectivity index (χ3n) is 2.62. The molecule has 0 bridgehead atoms. The van der Waals surface area contributed by atoms with E-state index in [0.717, 1.165) is 5.56 Å². The molecule has 0 aliphatic rings. The Morgan fingerprint density at radius 2 is 1.89 bits per heavy atom. The van der Waals surface area contributed by atoms with Gasteiger partial charge in [0.2, 0.25) is 0 Å². The van der Waals surface area contributed by atoms with Crippen molar-refractivity contribution in [2.45, 2.75) is 38.0 Å². The van der Waals surface area contributed by atoms with Gasteiger partial charge in [0.05, 0.1) is 12.1 Å². The molecule has 0 spiro atoms. The lowest BCUT2D eigenvalue weighted by Gasteiger charge is -2.19. The Hall–Kier alpha value is -1.54. The Morgan fingerprint density at radius 1 is 1.28 bits per heavy atom. The molecule has 1 N–H and O–H groups in total. The summed E-state index contributed by atoms with van der Waals surface area (Å²) in [5.74, 6) is 0. The van der Waals surface area contributed by atoms with Crippen molar-refractivity contribution in [3.05, 3.63) is 35.9 Å². The smallest absolute Gasteiger partial charge is 0.295 e. The molecule has 1 aromatic rings. The van der Waals surface area contributed by atoms with Gasteiger partial charge in [0.1, 0.15) is 0 Å². The summed E-state index contributed by atoms with van der Waals surface area (Å²) in [5, 5.41) is 11.7. The number of nitrogens with one attached hydrogen (secondary N) is 1. The van der Waals surface area contributed by atoms with E-state index in [1.54, 1.807) is 0 Å². The second kappa shape index (κ2) is 6.41. The fourth-order valence-electron chi connectivity index (χ4n) is 1.63. The minimum absolute atomic E-state index is 0.149. The van der Waals surface area contributed by atoms with Crippen molar-refractivity contribution in [3.8, 4) is 6.07 Å². The van der Waals surface area contributed by atoms with E-state index in [1.165, 1.54) is 0 Å². The first kappa shape index (κ1) is 14.5. The first-order valence-corrected chi connectivity index (χ1v) is 5.70. The van der Waals surface area contributed by atoms with Gasteiger partial charge in [-0.3, -0.25) is 5.32 Å². The molecule has 2 nitrogen and oxygen atoms in total. The van der Waals surface area contributed by atoms with Gasteiger partial charge in [0.25, 0.3) is 0 Å². The van der Waals surface area contributed by atoms with Gasteiger partial charge in [0, 0.05) is 12.5 Å². The zero-order valence-electron chi connectivity index (χ0n) is 10.0. The van der Waals surface area contributed by atoms with Crippen molar-refractivity contribution in [2.24, 2.45) is 0 Å². The average molecular weight is 256 g/mol. The molecule has 98 valence electrons. The number of rotatable bonds is 5. The molecule has 0 aromatic heterocycles. The van der Waals surface area contributed by atoms with Crippen LogP contribution in [0.3, 0.4) is 0 Å². The van der Waals surface area contributed by atoms with Gasteiger partial charge in [-0.15, -0.1) is 0 Å². The summed E-state index contributed by atoms with van der Waals surface area (Å²) in [6, 6.07) is 10.2. The molecule has 0 amide bonds. The van der Waals surface area contributed by atoms with E-state index in [-0.39, 0.29) is 12.5 Å². The Labute approximate surface area is 104 Å². The number of nitrogens with zero attached hydrogens (tertiary/aromatic N) is 1. The van der Waals surface area contributed by atoms with Crippen molar-refractivity contribution in [1.82, 2.24) is 5.32 Å². The summed E-state index contributed by atoms with van der Waals surface area (Å²) in [7, 11) is 0. The first-order chi connectivity index (χ1) is 8.42. The topological polar surface area (TPSA) is 35.8 Å². The lowest BCUT2D eigenvalue weighted by molar-refractivity contribution is -0.136. The molecule has 0 saturated heterocycles. The zero-order valence-corrected chi connectivity index (χ0v) is 10.0. The normalized spacial score (nSPS) is 14.8. The zero-order chi connectivity index (χ0) is 13.6. The standard InChI is InChI=1S/C13H15F3N2/c1-10(11-5-3-2-4-6-11)18-12(9-17)7-8-13(14,15)16/h2-6,10,12,18H,7-8H2,1H3. The molecule has 0 saturated carbocycles. The molecule has 0 radical (unpaired) electrons. The molecule has 2 unspecified atom stereocenters. The van der Waals surface area contributed by atoms with Crippen LogP contribution in [-0.2, 0) is 0 Å². The fraction of sp³-hybridized carbons (Fsp3) is 0.462. The Bertz CT molecular complexity index is 395. The number of hydrogen-bond donors (Lipinski definition) is 1. The van der Waals surface area contributed by atoms with Crippen LogP contribution in [-0.4, -0.2) is 12.2 Å². The predicted molar refractivity (Wildman–Crippen MR) is 62.7 cm³/mol. The van der Waals surface area contributed by atoms with Gasteiger partial charge in [-0.05, 0) is 18.9 Å². The molecular weight excluding hydrogens is 241 g/mol. The first-order valence-electron chi connectivity index (χ1n) is 5.70. The summed E-state index contributed by atoms with van der Waals surface area (Å²) in [6.07, 6.45) is -5.39. The van der Waals surface area contributed by atoms with E-state index in [1.807, 2.05) is 43.3 Å². The number of hydrogen-bond acceptors (Lipinski definition) is 2. The molecule has 5 heteroatoms. The summed E-state index contributed by atoms with van der Waals surface area (Å²) >= 11 is 0. The van der Waals surface area contributed by atoms with E-state index in [9.17, 15) is 13.2 Å². The van der Waals surface area contributed by atoms with E-state index in [2.05, 4.69) is 5.32 Å². The Kier molecular flexibility index (Phi) is 5.17. The summed E-state index contributed by atoms with van der Waals surface area (Å²) in [6.45, 7) is 1.83. The maximum atomic E-state index is 12.1. The second-order valence-corrected chi connectivity index (χ2v) is 4.13. The van der Waals surface area contributed by atoms with Crippen molar-refractivity contribution >= 4 is 0 Å². The molecule has 1 aromatic carbocycles. The third kappa shape index (κ3) is 5.19. The lowest BCUT2D eigenvalue weighted by atomic mass is 10.1. The van der Waals surface area contributed by atoms with Crippen molar-refractivity contribution < 1.29 is 13.2 Å². The lowest BCUT2D eigenvalue weighted by Crippen LogP contribution is -2.31. The maximum Gasteiger partial charge on any atom is 0.389 e. The van der Waals surface area contributed by atoms with E-state index in [4.69, 9.17) is 5.26 Å². The minimum atomic E-state index is -4.22. The molecule has 0 aliphatic carbocycles. The number of alkyl halides is 3. The van der Waals surface area contributed by atoms with E-state index >= 15 is 0 Å². The highest BCUT2D eigenvalue weighted by atomic mass is 19.4. The predicted octanol–water partition coefficient (Wildman–Crippen LogP) is 3.57. The van der Waals surface area contributed by atoms with Gasteiger partial charge in [-0.25, -0.2) is 0 Å². The van der Waals surface area contributed by atoms with E-state index < -0.39 is 18.6 Å². The van der Waals surface area contributed by atoms with Crippen LogP contribution in [0.25, 0.3) is 0 Å². The molecule has 18 heavy (non-hydrogen) atoms. The molecular formula is C13H15F3N2. The third-order valence-corrected chi connectivity index (χ3v) is 2.62. The largest absolute Gasteiger partial charge is 0.389 e. The monoisotopic (exact) mass is 256 g/mol. The summed E-state index contributed by atoms with van der Waals surface area (Å²) < 4.78 is 36.2. The maximum absolute atomic E-state index is 12.1. The van der Waals surface area contributed by atoms with Gasteiger partial charge >= 0.3 is 6.18 Å². The molecule has 1 rings (SSSR count). The average Bonchev–Trinajstić information content (AvgIpc) is 2.34. The van der Waals surface area contributed by atoms with Crippen LogP contribution in [0.1, 0.15) is 31.4 Å². The number of nitriles is 1. The van der Waals surface area contributed by atoms with Crippen molar-refractivity contribution in [3.63, 3.8) is 0 Å². The quantitative estimate of drug-likeness (QED) is 0.874.